The van der Waals surface area contributed by atoms with Gasteiger partial charge >= 0.3 is 23.9 Å². The minimum absolute atomic E-state index is 0.0168. The molecule has 2 aromatic carbocycles. The quantitative estimate of drug-likeness (QED) is 0.152. The normalized spacial score (nSPS) is 10.3. The van der Waals surface area contributed by atoms with Crippen LogP contribution in [0.4, 0.5) is 0 Å². The highest BCUT2D eigenvalue weighted by Gasteiger charge is 2.19. The zero-order valence-corrected chi connectivity index (χ0v) is 19.8. The Morgan fingerprint density at radius 3 is 2.00 bits per heavy atom. The largest absolute Gasteiger partial charge is 0.459 e. The third-order valence-electron chi connectivity index (χ3n) is 4.27. The van der Waals surface area contributed by atoms with Gasteiger partial charge in [0.1, 0.15) is 24.7 Å². The average molecular weight is 492 g/mol. The second kappa shape index (κ2) is 13.2. The molecule has 0 saturated carbocycles. The summed E-state index contributed by atoms with van der Waals surface area (Å²) in [4.78, 5) is 60.2. The SMILES string of the molecule is C=C(C)C(=O)OCCOC(=O)/C=C\C(=O)Oc1cc(OC(=O)C(=C)C)ccc1C(=O)c1ccccc1. The summed E-state index contributed by atoms with van der Waals surface area (Å²) in [6, 6.07) is 12.2. The van der Waals surface area contributed by atoms with Gasteiger partial charge in [-0.2, -0.15) is 0 Å². The van der Waals surface area contributed by atoms with Crippen molar-refractivity contribution in [1.29, 1.82) is 0 Å². The van der Waals surface area contributed by atoms with E-state index in [0.717, 1.165) is 12.2 Å². The fourth-order valence-corrected chi connectivity index (χ4v) is 2.50. The Bertz CT molecular complexity index is 1220. The van der Waals surface area contributed by atoms with Crippen LogP contribution < -0.4 is 9.47 Å². The minimum atomic E-state index is -0.994. The summed E-state index contributed by atoms with van der Waals surface area (Å²) in [6.07, 6.45) is 1.61. The van der Waals surface area contributed by atoms with Crippen LogP contribution in [0.25, 0.3) is 0 Å². The summed E-state index contributed by atoms with van der Waals surface area (Å²) in [6.45, 7) is 9.43. The second-order valence-corrected chi connectivity index (χ2v) is 7.36. The van der Waals surface area contributed by atoms with E-state index >= 15 is 0 Å². The summed E-state index contributed by atoms with van der Waals surface area (Å²) in [5.41, 5.74) is 0.717. The van der Waals surface area contributed by atoms with E-state index in [4.69, 9.17) is 18.9 Å². The van der Waals surface area contributed by atoms with Gasteiger partial charge in [-0.25, -0.2) is 19.2 Å². The van der Waals surface area contributed by atoms with E-state index < -0.39 is 29.7 Å². The van der Waals surface area contributed by atoms with Crippen LogP contribution in [0.1, 0.15) is 29.8 Å². The molecular formula is C27H24O9. The molecular weight excluding hydrogens is 468 g/mol. The van der Waals surface area contributed by atoms with Gasteiger partial charge in [-0.15, -0.1) is 0 Å². The molecule has 9 heteroatoms. The van der Waals surface area contributed by atoms with Crippen LogP contribution in [0.5, 0.6) is 11.5 Å². The number of ether oxygens (including phenoxy) is 4. The van der Waals surface area contributed by atoms with Crippen LogP contribution >= 0.6 is 0 Å². The highest BCUT2D eigenvalue weighted by molar-refractivity contribution is 6.11. The number of esters is 4. The van der Waals surface area contributed by atoms with E-state index in [0.29, 0.717) is 5.56 Å². The fraction of sp³-hybridized carbons (Fsp3) is 0.148. The van der Waals surface area contributed by atoms with Crippen LogP contribution in [0.2, 0.25) is 0 Å². The molecule has 0 atom stereocenters. The van der Waals surface area contributed by atoms with Gasteiger partial charge in [0.2, 0.25) is 0 Å². The first-order valence-corrected chi connectivity index (χ1v) is 10.6. The van der Waals surface area contributed by atoms with Crippen molar-refractivity contribution in [2.45, 2.75) is 13.8 Å². The third-order valence-corrected chi connectivity index (χ3v) is 4.27. The van der Waals surface area contributed by atoms with E-state index in [1.165, 1.54) is 32.0 Å². The fourth-order valence-electron chi connectivity index (χ4n) is 2.50. The van der Waals surface area contributed by atoms with Gasteiger partial charge in [0.05, 0.1) is 5.56 Å². The first-order chi connectivity index (χ1) is 17.1. The average Bonchev–Trinajstić information content (AvgIpc) is 2.85. The van der Waals surface area contributed by atoms with Crippen molar-refractivity contribution in [1.82, 2.24) is 0 Å². The van der Waals surface area contributed by atoms with Crippen LogP contribution in [0, 0.1) is 0 Å². The smallest absolute Gasteiger partial charge is 0.338 e. The number of ketones is 1. The van der Waals surface area contributed by atoms with Crippen molar-refractivity contribution in [3.05, 3.63) is 96.1 Å². The molecule has 9 nitrogen and oxygen atoms in total. The van der Waals surface area contributed by atoms with Crippen LogP contribution in [-0.4, -0.2) is 42.9 Å². The zero-order valence-electron chi connectivity index (χ0n) is 19.8. The highest BCUT2D eigenvalue weighted by Crippen LogP contribution is 2.28. The predicted molar refractivity (Wildman–Crippen MR) is 128 cm³/mol. The highest BCUT2D eigenvalue weighted by atomic mass is 16.6. The van der Waals surface area contributed by atoms with Crippen molar-refractivity contribution in [2.24, 2.45) is 0 Å². The zero-order chi connectivity index (χ0) is 26.7. The summed E-state index contributed by atoms with van der Waals surface area (Å²) in [5.74, 6) is -3.82. The first-order valence-electron chi connectivity index (χ1n) is 10.6. The van der Waals surface area contributed by atoms with E-state index in [2.05, 4.69) is 13.2 Å². The van der Waals surface area contributed by atoms with Gasteiger partial charge in [0.15, 0.2) is 5.78 Å². The summed E-state index contributed by atoms with van der Waals surface area (Å²) < 4.78 is 20.0. The summed E-state index contributed by atoms with van der Waals surface area (Å²) in [7, 11) is 0. The maximum absolute atomic E-state index is 12.9. The molecule has 2 rings (SSSR count). The van der Waals surface area contributed by atoms with Gasteiger partial charge in [-0.3, -0.25) is 4.79 Å². The maximum Gasteiger partial charge on any atom is 0.338 e. The van der Waals surface area contributed by atoms with Gasteiger partial charge in [0.25, 0.3) is 0 Å². The molecule has 0 aromatic heterocycles. The Balaban J connectivity index is 2.13. The van der Waals surface area contributed by atoms with Crippen LogP contribution in [0.15, 0.2) is 85.0 Å². The lowest BCUT2D eigenvalue weighted by Crippen LogP contribution is -2.14. The van der Waals surface area contributed by atoms with Crippen LogP contribution in [0.3, 0.4) is 0 Å². The molecule has 0 unspecified atom stereocenters. The van der Waals surface area contributed by atoms with Crippen molar-refractivity contribution in [3.63, 3.8) is 0 Å². The number of hydrogen-bond acceptors (Lipinski definition) is 9. The monoisotopic (exact) mass is 492 g/mol. The molecule has 0 bridgehead atoms. The van der Waals surface area contributed by atoms with Gasteiger partial charge in [0, 0.05) is 34.9 Å². The van der Waals surface area contributed by atoms with Crippen molar-refractivity contribution in [3.8, 4) is 11.5 Å². The molecule has 0 amide bonds. The van der Waals surface area contributed by atoms with E-state index in [1.807, 2.05) is 0 Å². The predicted octanol–water partition coefficient (Wildman–Crippen LogP) is 3.52. The molecule has 2 aromatic rings. The van der Waals surface area contributed by atoms with Crippen molar-refractivity contribution < 1.29 is 42.9 Å². The van der Waals surface area contributed by atoms with Gasteiger partial charge in [-0.05, 0) is 26.0 Å². The number of hydrogen-bond donors (Lipinski definition) is 0. The molecule has 0 radical (unpaired) electrons. The minimum Gasteiger partial charge on any atom is -0.459 e. The molecule has 186 valence electrons. The number of carbonyl (C=O) groups is 5. The summed E-state index contributed by atoms with van der Waals surface area (Å²) in [5, 5.41) is 0. The van der Waals surface area contributed by atoms with Crippen molar-refractivity contribution in [2.75, 3.05) is 13.2 Å². The maximum atomic E-state index is 12.9. The number of rotatable bonds is 11. The Hall–Kier alpha value is -4.79. The summed E-state index contributed by atoms with van der Waals surface area (Å²) >= 11 is 0. The Labute approximate surface area is 207 Å². The van der Waals surface area contributed by atoms with E-state index in [1.54, 1.807) is 30.3 Å². The standard InChI is InChI=1S/C27H24O9/c1-17(2)26(31)34-15-14-33-23(28)12-13-24(29)36-22-16-20(35-27(32)18(3)4)10-11-21(22)25(30)19-8-6-5-7-9-19/h5-13,16H,1,3,14-15H2,2,4H3/b13-12-. The Morgan fingerprint density at radius 2 is 1.36 bits per heavy atom. The molecule has 0 aliphatic heterocycles. The molecule has 0 fully saturated rings. The van der Waals surface area contributed by atoms with Gasteiger partial charge in [-0.1, -0.05) is 43.5 Å². The number of carbonyl (C=O) groups excluding carboxylic acids is 5. The topological polar surface area (TPSA) is 122 Å². The van der Waals surface area contributed by atoms with Crippen molar-refractivity contribution >= 4 is 29.7 Å². The Kier molecular flexibility index (Phi) is 10.1. The second-order valence-electron chi connectivity index (χ2n) is 7.36. The van der Waals surface area contributed by atoms with Gasteiger partial charge < -0.3 is 18.9 Å². The van der Waals surface area contributed by atoms with Crippen LogP contribution in [-0.2, 0) is 28.7 Å². The molecule has 0 spiro atoms. The lowest BCUT2D eigenvalue weighted by Gasteiger charge is -2.11. The lowest BCUT2D eigenvalue weighted by atomic mass is 10.0. The third kappa shape index (κ3) is 8.53. The molecule has 0 N–H and O–H groups in total. The lowest BCUT2D eigenvalue weighted by molar-refractivity contribution is -0.146. The molecule has 0 heterocycles. The molecule has 36 heavy (non-hydrogen) atoms. The van der Waals surface area contributed by atoms with E-state index in [-0.39, 0.29) is 41.4 Å². The first kappa shape index (κ1) is 27.5. The molecule has 0 aliphatic carbocycles. The Morgan fingerprint density at radius 1 is 0.750 bits per heavy atom. The molecule has 0 aliphatic rings. The molecule has 0 saturated heterocycles. The van der Waals surface area contributed by atoms with E-state index in [9.17, 15) is 24.0 Å². The number of benzene rings is 2.